The number of phenolic OH excluding ortho intramolecular Hbond substituents is 2. The molecule has 3 aromatic rings. The van der Waals surface area contributed by atoms with Crippen LogP contribution in [0, 0.1) is 11.6 Å². The van der Waals surface area contributed by atoms with Gasteiger partial charge in [-0.2, -0.15) is 0 Å². The third-order valence-electron chi connectivity index (χ3n) is 4.43. The van der Waals surface area contributed by atoms with Crippen LogP contribution in [0.25, 0.3) is 11.1 Å². The number of hydrogen-bond donors (Lipinski definition) is 3. The van der Waals surface area contributed by atoms with E-state index in [9.17, 15) is 28.6 Å². The fraction of sp³-hybridized carbons (Fsp3) is 0.0909. The van der Waals surface area contributed by atoms with Gasteiger partial charge in [-0.15, -0.1) is 0 Å². The van der Waals surface area contributed by atoms with Gasteiger partial charge in [-0.05, 0) is 41.5 Å². The highest BCUT2D eigenvalue weighted by molar-refractivity contribution is 5.98. The summed E-state index contributed by atoms with van der Waals surface area (Å²) in [5, 5.41) is 21.6. The Balaban J connectivity index is 1.83. The highest BCUT2D eigenvalue weighted by Gasteiger charge is 2.19. The lowest BCUT2D eigenvalue weighted by Crippen LogP contribution is -2.23. The van der Waals surface area contributed by atoms with E-state index < -0.39 is 23.5 Å². The number of methoxy groups -OCH3 is 1. The number of carbonyl (C=O) groups excluding carboxylic acids is 2. The molecule has 0 unspecified atom stereocenters. The lowest BCUT2D eigenvalue weighted by Gasteiger charge is -2.12. The highest BCUT2D eigenvalue weighted by atomic mass is 19.1. The van der Waals surface area contributed by atoms with Crippen LogP contribution in [0.15, 0.2) is 54.6 Å². The monoisotopic (exact) mass is 413 g/mol. The fourth-order valence-corrected chi connectivity index (χ4v) is 2.91. The minimum absolute atomic E-state index is 0.128. The van der Waals surface area contributed by atoms with Gasteiger partial charge in [0, 0.05) is 12.1 Å². The summed E-state index contributed by atoms with van der Waals surface area (Å²) in [6, 6.07) is 11.4. The zero-order chi connectivity index (χ0) is 21.8. The molecular weight excluding hydrogens is 396 g/mol. The van der Waals surface area contributed by atoms with Gasteiger partial charge in [0.25, 0.3) is 5.91 Å². The smallest absolute Gasteiger partial charge is 0.341 e. The van der Waals surface area contributed by atoms with Crippen molar-refractivity contribution in [1.29, 1.82) is 0 Å². The van der Waals surface area contributed by atoms with Crippen molar-refractivity contribution in [2.24, 2.45) is 0 Å². The SMILES string of the molecule is COC(=O)c1c(F)cccc1-c1ccc(CNC(=O)c2cc(O)ccc2O)c(F)c1. The van der Waals surface area contributed by atoms with E-state index >= 15 is 0 Å². The number of phenols is 2. The van der Waals surface area contributed by atoms with Gasteiger partial charge in [-0.3, -0.25) is 4.79 Å². The minimum atomic E-state index is -0.884. The first-order valence-corrected chi connectivity index (χ1v) is 8.77. The largest absolute Gasteiger partial charge is 0.508 e. The molecule has 0 aliphatic heterocycles. The molecule has 0 aromatic heterocycles. The number of carbonyl (C=O) groups is 2. The molecule has 0 saturated heterocycles. The van der Waals surface area contributed by atoms with Crippen LogP contribution >= 0.6 is 0 Å². The van der Waals surface area contributed by atoms with Crippen LogP contribution < -0.4 is 5.32 Å². The molecule has 3 rings (SSSR count). The molecule has 154 valence electrons. The number of esters is 1. The van der Waals surface area contributed by atoms with Crippen LogP contribution in [0.3, 0.4) is 0 Å². The molecule has 0 atom stereocenters. The predicted octanol–water partition coefficient (Wildman–Crippen LogP) is 3.76. The molecule has 30 heavy (non-hydrogen) atoms. The van der Waals surface area contributed by atoms with Gasteiger partial charge in [0.05, 0.1) is 12.7 Å². The zero-order valence-corrected chi connectivity index (χ0v) is 15.8. The van der Waals surface area contributed by atoms with Crippen LogP contribution in [0.2, 0.25) is 0 Å². The average Bonchev–Trinajstić information content (AvgIpc) is 2.73. The Bertz CT molecular complexity index is 1130. The van der Waals surface area contributed by atoms with Crippen LogP contribution in [-0.4, -0.2) is 29.2 Å². The van der Waals surface area contributed by atoms with Crippen molar-refractivity contribution >= 4 is 11.9 Å². The van der Waals surface area contributed by atoms with E-state index in [4.69, 9.17) is 0 Å². The summed E-state index contributed by atoms with van der Waals surface area (Å²) in [6.07, 6.45) is 0. The van der Waals surface area contributed by atoms with Crippen LogP contribution in [0.1, 0.15) is 26.3 Å². The maximum atomic E-state index is 14.6. The molecule has 0 radical (unpaired) electrons. The van der Waals surface area contributed by atoms with E-state index in [2.05, 4.69) is 10.1 Å². The number of nitrogens with one attached hydrogen (secondary N) is 1. The molecule has 1 amide bonds. The second-order valence-electron chi connectivity index (χ2n) is 6.34. The number of amides is 1. The second-order valence-corrected chi connectivity index (χ2v) is 6.34. The van der Waals surface area contributed by atoms with Crippen molar-refractivity contribution in [3.05, 3.63) is 82.9 Å². The van der Waals surface area contributed by atoms with Gasteiger partial charge in [-0.25, -0.2) is 13.6 Å². The lowest BCUT2D eigenvalue weighted by molar-refractivity contribution is 0.0596. The standard InChI is InChI=1S/C22H17F2NO5/c1-30-22(29)20-15(3-2-4-17(20)23)12-5-6-13(18(24)9-12)11-25-21(28)16-10-14(26)7-8-19(16)27/h2-10,26-27H,11H2,1H3,(H,25,28). The second kappa shape index (κ2) is 8.60. The Morgan fingerprint density at radius 1 is 1.00 bits per heavy atom. The number of aromatic hydroxyl groups is 2. The first-order chi connectivity index (χ1) is 14.3. The number of halogens is 2. The topological polar surface area (TPSA) is 95.9 Å². The summed E-state index contributed by atoms with van der Waals surface area (Å²) in [4.78, 5) is 24.1. The molecule has 3 aromatic carbocycles. The summed E-state index contributed by atoms with van der Waals surface area (Å²) >= 11 is 0. The van der Waals surface area contributed by atoms with Crippen LogP contribution in [0.4, 0.5) is 8.78 Å². The average molecular weight is 413 g/mol. The third kappa shape index (κ3) is 4.22. The Labute approximate surface area is 170 Å². The van der Waals surface area contributed by atoms with Crippen molar-refractivity contribution in [1.82, 2.24) is 5.32 Å². The number of hydrogen-bond acceptors (Lipinski definition) is 5. The van der Waals surface area contributed by atoms with E-state index in [1.54, 1.807) is 0 Å². The number of rotatable bonds is 5. The van der Waals surface area contributed by atoms with Crippen molar-refractivity contribution in [3.8, 4) is 22.6 Å². The summed E-state index contributed by atoms with van der Waals surface area (Å²) in [5.74, 6) is -3.60. The van der Waals surface area contributed by atoms with E-state index in [-0.39, 0.29) is 45.9 Å². The van der Waals surface area contributed by atoms with Gasteiger partial charge in [-0.1, -0.05) is 24.3 Å². The number of ether oxygens (including phenoxy) is 1. The molecule has 0 aliphatic rings. The summed E-state index contributed by atoms with van der Waals surface area (Å²) in [7, 11) is 1.12. The molecular formula is C22H17F2NO5. The molecule has 0 bridgehead atoms. The lowest BCUT2D eigenvalue weighted by atomic mass is 9.98. The Kier molecular flexibility index (Phi) is 5.96. The van der Waals surface area contributed by atoms with Gasteiger partial charge in [0.15, 0.2) is 0 Å². The Morgan fingerprint density at radius 2 is 1.77 bits per heavy atom. The molecule has 6 nitrogen and oxygen atoms in total. The molecule has 0 spiro atoms. The van der Waals surface area contributed by atoms with Gasteiger partial charge in [0.1, 0.15) is 28.7 Å². The quantitative estimate of drug-likeness (QED) is 0.437. The first-order valence-electron chi connectivity index (χ1n) is 8.77. The zero-order valence-electron chi connectivity index (χ0n) is 15.8. The molecule has 0 saturated carbocycles. The number of benzene rings is 3. The summed E-state index contributed by atoms with van der Waals surface area (Å²) in [6.45, 7) is -0.201. The first kappa shape index (κ1) is 20.8. The van der Waals surface area contributed by atoms with Crippen LogP contribution in [0.5, 0.6) is 11.5 Å². The van der Waals surface area contributed by atoms with Crippen molar-refractivity contribution in [2.45, 2.75) is 6.54 Å². The normalized spacial score (nSPS) is 10.5. The highest BCUT2D eigenvalue weighted by Crippen LogP contribution is 2.28. The molecule has 3 N–H and O–H groups in total. The summed E-state index contributed by atoms with van der Waals surface area (Å²) in [5.41, 5.74) is 0.0891. The molecule has 8 heteroatoms. The van der Waals surface area contributed by atoms with E-state index in [1.165, 1.54) is 30.3 Å². The molecule has 0 fully saturated rings. The predicted molar refractivity (Wildman–Crippen MR) is 104 cm³/mol. The van der Waals surface area contributed by atoms with Gasteiger partial charge in [0.2, 0.25) is 0 Å². The van der Waals surface area contributed by atoms with E-state index in [0.717, 1.165) is 31.4 Å². The maximum Gasteiger partial charge on any atom is 0.341 e. The minimum Gasteiger partial charge on any atom is -0.508 e. The molecule has 0 aliphatic carbocycles. The van der Waals surface area contributed by atoms with Gasteiger partial charge < -0.3 is 20.3 Å². The Hall–Kier alpha value is -3.94. The van der Waals surface area contributed by atoms with Crippen molar-refractivity contribution in [3.63, 3.8) is 0 Å². The van der Waals surface area contributed by atoms with Crippen molar-refractivity contribution in [2.75, 3.05) is 7.11 Å². The van der Waals surface area contributed by atoms with Gasteiger partial charge >= 0.3 is 5.97 Å². The fourth-order valence-electron chi connectivity index (χ4n) is 2.91. The third-order valence-corrected chi connectivity index (χ3v) is 4.43. The maximum absolute atomic E-state index is 14.6. The Morgan fingerprint density at radius 3 is 2.47 bits per heavy atom. The van der Waals surface area contributed by atoms with E-state index in [0.29, 0.717) is 0 Å². The van der Waals surface area contributed by atoms with Crippen molar-refractivity contribution < 1.29 is 33.3 Å². The van der Waals surface area contributed by atoms with Crippen LogP contribution in [-0.2, 0) is 11.3 Å². The molecule has 0 heterocycles. The summed E-state index contributed by atoms with van der Waals surface area (Å²) < 4.78 is 33.3. The van der Waals surface area contributed by atoms with E-state index in [1.807, 2.05) is 0 Å².